The topological polar surface area (TPSA) is 50.7 Å². The van der Waals surface area contributed by atoms with E-state index in [0.717, 1.165) is 9.13 Å². The van der Waals surface area contributed by atoms with E-state index in [1.54, 1.807) is 37.4 Å². The van der Waals surface area contributed by atoms with Gasteiger partial charge in [-0.15, -0.1) is 0 Å². The first kappa shape index (κ1) is 15.8. The molecule has 2 aromatic carbocycles. The Morgan fingerprint density at radius 1 is 1.33 bits per heavy atom. The molecule has 0 fully saturated rings. The predicted molar refractivity (Wildman–Crippen MR) is 92.2 cm³/mol. The second kappa shape index (κ2) is 7.42. The molecular weight excluding hydrogens is 403 g/mol. The number of halogens is 2. The van der Waals surface area contributed by atoms with Crippen LogP contribution in [0.4, 0.5) is 0 Å². The highest BCUT2D eigenvalue weighted by Gasteiger charge is 2.04. The van der Waals surface area contributed by atoms with Crippen molar-refractivity contribution in [2.75, 3.05) is 7.11 Å². The molecule has 4 nitrogen and oxygen atoms in total. The molecule has 1 amide bonds. The molecule has 0 atom stereocenters. The van der Waals surface area contributed by atoms with Crippen LogP contribution in [0.15, 0.2) is 47.6 Å². The van der Waals surface area contributed by atoms with Crippen LogP contribution in [0.25, 0.3) is 0 Å². The maximum atomic E-state index is 11.9. The first-order valence-electron chi connectivity index (χ1n) is 6.02. The average Bonchev–Trinajstić information content (AvgIpc) is 2.47. The third-order valence-corrected chi connectivity index (χ3v) is 3.61. The lowest BCUT2D eigenvalue weighted by Gasteiger charge is -2.03. The molecule has 6 heteroatoms. The van der Waals surface area contributed by atoms with Crippen LogP contribution in [0.1, 0.15) is 15.9 Å². The Balaban J connectivity index is 2.02. The summed E-state index contributed by atoms with van der Waals surface area (Å²) in [5.74, 6) is 0.334. The summed E-state index contributed by atoms with van der Waals surface area (Å²) in [6.07, 6.45) is 1.52. The van der Waals surface area contributed by atoms with Crippen LogP contribution in [-0.2, 0) is 0 Å². The first-order chi connectivity index (χ1) is 10.1. The fraction of sp³-hybridized carbons (Fsp3) is 0.0667. The Labute approximate surface area is 141 Å². The van der Waals surface area contributed by atoms with Crippen molar-refractivity contribution in [2.45, 2.75) is 0 Å². The lowest BCUT2D eigenvalue weighted by Crippen LogP contribution is -2.17. The van der Waals surface area contributed by atoms with Crippen molar-refractivity contribution in [2.24, 2.45) is 5.10 Å². The van der Waals surface area contributed by atoms with Crippen molar-refractivity contribution in [3.05, 3.63) is 62.2 Å². The molecule has 1 N–H and O–H groups in total. The summed E-state index contributed by atoms with van der Waals surface area (Å²) in [6, 6.07) is 12.5. The molecule has 0 saturated heterocycles. The summed E-state index contributed by atoms with van der Waals surface area (Å²) >= 11 is 8.16. The molecule has 0 aliphatic heterocycles. The Morgan fingerprint density at radius 2 is 2.14 bits per heavy atom. The van der Waals surface area contributed by atoms with Gasteiger partial charge in [-0.1, -0.05) is 17.7 Å². The number of nitrogens with one attached hydrogen (secondary N) is 1. The van der Waals surface area contributed by atoms with Crippen molar-refractivity contribution in [1.82, 2.24) is 5.43 Å². The van der Waals surface area contributed by atoms with Crippen molar-refractivity contribution in [1.29, 1.82) is 0 Å². The van der Waals surface area contributed by atoms with Crippen LogP contribution in [0.5, 0.6) is 5.75 Å². The minimum Gasteiger partial charge on any atom is -0.495 e. The average molecular weight is 415 g/mol. The second-order valence-corrected chi connectivity index (χ2v) is 5.76. The largest absolute Gasteiger partial charge is 0.495 e. The van der Waals surface area contributed by atoms with Gasteiger partial charge in [0.15, 0.2) is 0 Å². The normalized spacial score (nSPS) is 10.6. The van der Waals surface area contributed by atoms with Crippen molar-refractivity contribution in [3.8, 4) is 5.75 Å². The number of carbonyl (C=O) groups is 1. The monoisotopic (exact) mass is 414 g/mol. The summed E-state index contributed by atoms with van der Waals surface area (Å²) in [7, 11) is 1.55. The van der Waals surface area contributed by atoms with Gasteiger partial charge in [0.1, 0.15) is 5.75 Å². The van der Waals surface area contributed by atoms with Crippen molar-refractivity contribution in [3.63, 3.8) is 0 Å². The molecule has 0 heterocycles. The van der Waals surface area contributed by atoms with Gasteiger partial charge in [0.05, 0.1) is 18.3 Å². The Morgan fingerprint density at radius 3 is 2.81 bits per heavy atom. The lowest BCUT2D eigenvalue weighted by molar-refractivity contribution is 0.0955. The third-order valence-electron chi connectivity index (χ3n) is 2.64. The highest BCUT2D eigenvalue weighted by atomic mass is 127. The molecular formula is C15H12ClIN2O2. The van der Waals surface area contributed by atoms with E-state index in [2.05, 4.69) is 33.1 Å². The van der Waals surface area contributed by atoms with Gasteiger partial charge in [-0.25, -0.2) is 5.43 Å². The molecule has 2 aromatic rings. The number of amides is 1. The summed E-state index contributed by atoms with van der Waals surface area (Å²) < 4.78 is 6.06. The van der Waals surface area contributed by atoms with Crippen LogP contribution in [0.2, 0.25) is 5.02 Å². The molecule has 0 aliphatic rings. The SMILES string of the molecule is COc1ccc(/C=N\NC(=O)c2cccc(I)c2)cc1Cl. The molecule has 0 aromatic heterocycles. The number of rotatable bonds is 4. The van der Waals surface area contributed by atoms with Gasteiger partial charge in [0.25, 0.3) is 5.91 Å². The van der Waals surface area contributed by atoms with E-state index < -0.39 is 0 Å². The third kappa shape index (κ3) is 4.44. The van der Waals surface area contributed by atoms with Gasteiger partial charge in [-0.3, -0.25) is 4.79 Å². The highest BCUT2D eigenvalue weighted by molar-refractivity contribution is 14.1. The van der Waals surface area contributed by atoms with E-state index in [1.165, 1.54) is 6.21 Å². The van der Waals surface area contributed by atoms with E-state index in [4.69, 9.17) is 16.3 Å². The van der Waals surface area contributed by atoms with Crippen molar-refractivity contribution < 1.29 is 9.53 Å². The standard InChI is InChI=1S/C15H12ClIN2O2/c1-21-14-6-5-10(7-13(14)16)9-18-19-15(20)11-3-2-4-12(17)8-11/h2-9H,1H3,(H,19,20)/b18-9-. The maximum absolute atomic E-state index is 11.9. The van der Waals surface area contributed by atoms with Crippen LogP contribution < -0.4 is 10.2 Å². The predicted octanol–water partition coefficient (Wildman–Crippen LogP) is 3.72. The number of hydrazone groups is 1. The van der Waals surface area contributed by atoms with E-state index in [0.29, 0.717) is 16.3 Å². The van der Waals surface area contributed by atoms with Crippen LogP contribution in [-0.4, -0.2) is 19.2 Å². The number of methoxy groups -OCH3 is 1. The van der Waals surface area contributed by atoms with Crippen LogP contribution in [0, 0.1) is 3.57 Å². The minimum absolute atomic E-state index is 0.260. The van der Waals surface area contributed by atoms with Gasteiger partial charge in [-0.2, -0.15) is 5.10 Å². The summed E-state index contributed by atoms with van der Waals surface area (Å²) in [6.45, 7) is 0. The van der Waals surface area contributed by atoms with E-state index in [9.17, 15) is 4.79 Å². The van der Waals surface area contributed by atoms with Crippen LogP contribution in [0.3, 0.4) is 0 Å². The Bertz CT molecular complexity index is 689. The molecule has 0 spiro atoms. The zero-order valence-electron chi connectivity index (χ0n) is 11.1. The number of benzene rings is 2. The fourth-order valence-corrected chi connectivity index (χ4v) is 2.43. The smallest absolute Gasteiger partial charge is 0.271 e. The zero-order valence-corrected chi connectivity index (χ0v) is 14.1. The number of ether oxygens (including phenoxy) is 1. The van der Waals surface area contributed by atoms with Gasteiger partial charge in [0, 0.05) is 9.13 Å². The van der Waals surface area contributed by atoms with Gasteiger partial charge in [0.2, 0.25) is 0 Å². The maximum Gasteiger partial charge on any atom is 0.271 e. The summed E-state index contributed by atoms with van der Waals surface area (Å²) in [5.41, 5.74) is 3.80. The van der Waals surface area contributed by atoms with Gasteiger partial charge >= 0.3 is 0 Å². The molecule has 0 saturated carbocycles. The molecule has 108 valence electrons. The number of hydrogen-bond donors (Lipinski definition) is 1. The highest BCUT2D eigenvalue weighted by Crippen LogP contribution is 2.24. The number of carbonyl (C=O) groups excluding carboxylic acids is 1. The molecule has 2 rings (SSSR count). The van der Waals surface area contributed by atoms with Gasteiger partial charge < -0.3 is 4.74 Å². The number of hydrogen-bond acceptors (Lipinski definition) is 3. The number of nitrogens with zero attached hydrogens (tertiary/aromatic N) is 1. The second-order valence-electron chi connectivity index (χ2n) is 4.10. The molecule has 0 radical (unpaired) electrons. The van der Waals surface area contributed by atoms with Gasteiger partial charge in [-0.05, 0) is 64.6 Å². The molecule has 0 aliphatic carbocycles. The molecule has 0 bridgehead atoms. The quantitative estimate of drug-likeness (QED) is 0.471. The van der Waals surface area contributed by atoms with E-state index >= 15 is 0 Å². The minimum atomic E-state index is -0.260. The summed E-state index contributed by atoms with van der Waals surface area (Å²) in [5, 5.41) is 4.41. The fourth-order valence-electron chi connectivity index (χ4n) is 1.62. The van der Waals surface area contributed by atoms with E-state index in [1.807, 2.05) is 12.1 Å². The van der Waals surface area contributed by atoms with E-state index in [-0.39, 0.29) is 5.91 Å². The Kier molecular flexibility index (Phi) is 5.58. The van der Waals surface area contributed by atoms with Crippen LogP contribution >= 0.6 is 34.2 Å². The van der Waals surface area contributed by atoms with Crippen molar-refractivity contribution >= 4 is 46.3 Å². The molecule has 0 unspecified atom stereocenters. The first-order valence-corrected chi connectivity index (χ1v) is 7.48. The molecule has 21 heavy (non-hydrogen) atoms. The summed E-state index contributed by atoms with van der Waals surface area (Å²) in [4.78, 5) is 11.9. The lowest BCUT2D eigenvalue weighted by atomic mass is 10.2. The zero-order chi connectivity index (χ0) is 15.2. The Hall–Kier alpha value is -1.60.